The van der Waals surface area contributed by atoms with Gasteiger partial charge in [0.25, 0.3) is 0 Å². The first-order chi connectivity index (χ1) is 12.6. The Morgan fingerprint density at radius 3 is 1.77 bits per heavy atom. The molecule has 1 rings (SSSR count). The van der Waals surface area contributed by atoms with E-state index in [0.717, 1.165) is 19.3 Å². The van der Waals surface area contributed by atoms with Crippen LogP contribution in [0.5, 0.6) is 0 Å². The molecule has 0 aliphatic carbocycles. The van der Waals surface area contributed by atoms with Crippen LogP contribution in [0.3, 0.4) is 0 Å². The number of carbonyl (C=O) groups excluding carboxylic acids is 1. The van der Waals surface area contributed by atoms with Crippen molar-refractivity contribution in [1.82, 2.24) is 4.90 Å². The predicted molar refractivity (Wildman–Crippen MR) is 104 cm³/mol. The number of carboxylic acids is 1. The fraction of sp³-hybridized carbons (Fsp3) is 0.905. The van der Waals surface area contributed by atoms with Crippen LogP contribution < -0.4 is 0 Å². The van der Waals surface area contributed by atoms with Gasteiger partial charge in [-0.1, -0.05) is 84.0 Å². The summed E-state index contributed by atoms with van der Waals surface area (Å²) in [7, 11) is 0. The molecule has 0 aromatic carbocycles. The van der Waals surface area contributed by atoms with Crippen molar-refractivity contribution in [3.05, 3.63) is 0 Å². The maximum Gasteiger partial charge on any atom is 0.329 e. The summed E-state index contributed by atoms with van der Waals surface area (Å²) in [4.78, 5) is 24.7. The molecule has 0 aromatic rings. The van der Waals surface area contributed by atoms with Crippen LogP contribution >= 0.6 is 0 Å². The van der Waals surface area contributed by atoms with Crippen LogP contribution in [0.4, 0.5) is 0 Å². The largest absolute Gasteiger partial charge is 0.480 e. The van der Waals surface area contributed by atoms with E-state index in [4.69, 9.17) is 5.11 Å². The summed E-state index contributed by atoms with van der Waals surface area (Å²) in [5.74, 6) is -1.23. The molecule has 0 radical (unpaired) electrons. The highest BCUT2D eigenvalue weighted by Crippen LogP contribution is 2.20. The minimum atomic E-state index is -1.10. The minimum absolute atomic E-state index is 0.128. The van der Waals surface area contributed by atoms with Gasteiger partial charge in [0.15, 0.2) is 6.04 Å². The second kappa shape index (κ2) is 14.0. The smallest absolute Gasteiger partial charge is 0.329 e. The summed E-state index contributed by atoms with van der Waals surface area (Å²) in [6, 6.07) is -1.05. The van der Waals surface area contributed by atoms with Crippen molar-refractivity contribution in [3.63, 3.8) is 0 Å². The van der Waals surface area contributed by atoms with E-state index in [9.17, 15) is 14.7 Å². The molecular formula is C21H39NO4. The lowest BCUT2D eigenvalue weighted by Crippen LogP contribution is -2.44. The highest BCUT2D eigenvalue weighted by atomic mass is 16.4. The first-order valence-electron chi connectivity index (χ1n) is 10.8. The van der Waals surface area contributed by atoms with E-state index in [-0.39, 0.29) is 5.91 Å². The topological polar surface area (TPSA) is 77.8 Å². The summed E-state index contributed by atoms with van der Waals surface area (Å²) in [5, 5.41) is 18.8. The van der Waals surface area contributed by atoms with Gasteiger partial charge in [-0.25, -0.2) is 4.79 Å². The monoisotopic (exact) mass is 369 g/mol. The summed E-state index contributed by atoms with van der Waals surface area (Å²) in [5.41, 5.74) is 0. The standard InChI is InChI=1S/C21H39NO4/c1-2-3-4-5-6-7-8-9-10-11-12-13-14-15-19(24)22-17-16-18(23)20(22)21(25)26/h18,20,23H,2-17H2,1H3,(H,25,26)/t18?,20-/m0/s1. The summed E-state index contributed by atoms with van der Waals surface area (Å²) in [6.45, 7) is 2.61. The van der Waals surface area contributed by atoms with Crippen LogP contribution in [0.2, 0.25) is 0 Å². The van der Waals surface area contributed by atoms with Crippen molar-refractivity contribution in [1.29, 1.82) is 0 Å². The van der Waals surface area contributed by atoms with Crippen LogP contribution in [0, 0.1) is 0 Å². The normalized spacial score (nSPS) is 19.8. The number of carboxylic acid groups (broad SMARTS) is 1. The van der Waals surface area contributed by atoms with Gasteiger partial charge in [-0.05, 0) is 12.8 Å². The molecule has 5 heteroatoms. The molecule has 2 atom stereocenters. The van der Waals surface area contributed by atoms with Gasteiger partial charge in [0.1, 0.15) is 0 Å². The zero-order valence-corrected chi connectivity index (χ0v) is 16.6. The van der Waals surface area contributed by atoms with Crippen molar-refractivity contribution >= 4 is 11.9 Å². The second-order valence-corrected chi connectivity index (χ2v) is 7.72. The van der Waals surface area contributed by atoms with Crippen LogP contribution in [0.1, 0.15) is 103 Å². The number of amides is 1. The Hall–Kier alpha value is -1.10. The van der Waals surface area contributed by atoms with Crippen LogP contribution in [-0.4, -0.2) is 45.7 Å². The van der Waals surface area contributed by atoms with Crippen molar-refractivity contribution in [2.45, 2.75) is 115 Å². The Balaban J connectivity index is 1.94. The van der Waals surface area contributed by atoms with Gasteiger partial charge in [0.05, 0.1) is 6.10 Å². The lowest BCUT2D eigenvalue weighted by atomic mass is 10.0. The number of nitrogens with zero attached hydrogens (tertiary/aromatic N) is 1. The van der Waals surface area contributed by atoms with E-state index in [1.807, 2.05) is 0 Å². The van der Waals surface area contributed by atoms with Gasteiger partial charge in [-0.3, -0.25) is 4.79 Å². The third-order valence-corrected chi connectivity index (χ3v) is 5.43. The van der Waals surface area contributed by atoms with E-state index in [2.05, 4.69) is 6.92 Å². The lowest BCUT2D eigenvalue weighted by Gasteiger charge is -2.22. The molecule has 1 aliphatic rings. The molecule has 1 saturated heterocycles. The number of aliphatic hydroxyl groups is 1. The van der Waals surface area contributed by atoms with Crippen LogP contribution in [0.15, 0.2) is 0 Å². The van der Waals surface area contributed by atoms with Crippen molar-refractivity contribution < 1.29 is 19.8 Å². The Labute approximate surface area is 159 Å². The Morgan fingerprint density at radius 2 is 1.31 bits per heavy atom. The molecule has 2 N–H and O–H groups in total. The van der Waals surface area contributed by atoms with Gasteiger partial charge in [0.2, 0.25) is 5.91 Å². The Bertz CT molecular complexity index is 399. The highest BCUT2D eigenvalue weighted by Gasteiger charge is 2.40. The van der Waals surface area contributed by atoms with Crippen molar-refractivity contribution in [2.24, 2.45) is 0 Å². The number of unbranched alkanes of at least 4 members (excludes halogenated alkanes) is 12. The molecule has 26 heavy (non-hydrogen) atoms. The Morgan fingerprint density at radius 1 is 0.846 bits per heavy atom. The van der Waals surface area contributed by atoms with Gasteiger partial charge in [0, 0.05) is 13.0 Å². The van der Waals surface area contributed by atoms with E-state index in [1.165, 1.54) is 69.1 Å². The zero-order chi connectivity index (χ0) is 19.2. The molecule has 1 unspecified atom stereocenters. The van der Waals surface area contributed by atoms with Gasteiger partial charge < -0.3 is 15.1 Å². The van der Waals surface area contributed by atoms with Gasteiger partial charge in [-0.2, -0.15) is 0 Å². The molecule has 1 amide bonds. The number of aliphatic hydroxyl groups excluding tert-OH is 1. The quantitative estimate of drug-likeness (QED) is 0.416. The van der Waals surface area contributed by atoms with Crippen molar-refractivity contribution in [3.8, 4) is 0 Å². The zero-order valence-electron chi connectivity index (χ0n) is 16.6. The molecule has 0 bridgehead atoms. The maximum atomic E-state index is 12.2. The van der Waals surface area contributed by atoms with E-state index in [1.54, 1.807) is 0 Å². The molecule has 0 saturated carbocycles. The van der Waals surface area contributed by atoms with E-state index >= 15 is 0 Å². The molecule has 5 nitrogen and oxygen atoms in total. The van der Waals surface area contributed by atoms with Crippen LogP contribution in [0.25, 0.3) is 0 Å². The molecule has 152 valence electrons. The molecular weight excluding hydrogens is 330 g/mol. The molecule has 0 spiro atoms. The minimum Gasteiger partial charge on any atom is -0.480 e. The molecule has 1 heterocycles. The number of rotatable bonds is 15. The first kappa shape index (κ1) is 22.9. The highest BCUT2D eigenvalue weighted by molar-refractivity contribution is 5.84. The van der Waals surface area contributed by atoms with E-state index < -0.39 is 18.1 Å². The summed E-state index contributed by atoms with van der Waals surface area (Å²) in [6.07, 6.45) is 16.2. The van der Waals surface area contributed by atoms with Crippen molar-refractivity contribution in [2.75, 3.05) is 6.54 Å². The number of hydrogen-bond donors (Lipinski definition) is 2. The number of carbonyl (C=O) groups is 2. The average Bonchev–Trinajstić information content (AvgIpc) is 3.00. The van der Waals surface area contributed by atoms with E-state index in [0.29, 0.717) is 19.4 Å². The molecule has 0 aromatic heterocycles. The SMILES string of the molecule is CCCCCCCCCCCCCCCC(=O)N1CCC(O)[C@H]1C(=O)O. The average molecular weight is 370 g/mol. The van der Waals surface area contributed by atoms with Gasteiger partial charge in [-0.15, -0.1) is 0 Å². The third kappa shape index (κ3) is 9.02. The van der Waals surface area contributed by atoms with Gasteiger partial charge >= 0.3 is 5.97 Å². The first-order valence-corrected chi connectivity index (χ1v) is 10.8. The second-order valence-electron chi connectivity index (χ2n) is 7.72. The number of likely N-dealkylation sites (tertiary alicyclic amines) is 1. The van der Waals surface area contributed by atoms with Crippen LogP contribution in [-0.2, 0) is 9.59 Å². The maximum absolute atomic E-state index is 12.2. The summed E-state index contributed by atoms with van der Waals surface area (Å²) < 4.78 is 0. The molecule has 1 aliphatic heterocycles. The Kier molecular flexibility index (Phi) is 12.4. The summed E-state index contributed by atoms with van der Waals surface area (Å²) >= 11 is 0. The number of hydrogen-bond acceptors (Lipinski definition) is 3. The fourth-order valence-electron chi connectivity index (χ4n) is 3.79. The molecule has 1 fully saturated rings. The number of aliphatic carboxylic acids is 1. The third-order valence-electron chi connectivity index (χ3n) is 5.43. The fourth-order valence-corrected chi connectivity index (χ4v) is 3.79. The lowest BCUT2D eigenvalue weighted by molar-refractivity contribution is -0.151. The predicted octanol–water partition coefficient (Wildman–Crippen LogP) is 4.51.